The largest absolute Gasteiger partial charge is 0.369 e. The first-order chi connectivity index (χ1) is 18.0. The molecule has 1 aromatic heterocycles. The fourth-order valence-corrected chi connectivity index (χ4v) is 5.46. The van der Waals surface area contributed by atoms with E-state index in [9.17, 15) is 9.59 Å². The lowest BCUT2D eigenvalue weighted by Gasteiger charge is -2.36. The van der Waals surface area contributed by atoms with Crippen LogP contribution in [0, 0.1) is 20.8 Å². The first-order valence-corrected chi connectivity index (χ1v) is 14.2. The quantitative estimate of drug-likeness (QED) is 0.468. The molecule has 212 valence electrons. The molecule has 1 aliphatic carbocycles. The van der Waals surface area contributed by atoms with Crippen molar-refractivity contribution >= 4 is 23.2 Å². The van der Waals surface area contributed by atoms with Crippen LogP contribution >= 0.6 is 11.6 Å². The van der Waals surface area contributed by atoms with Crippen molar-refractivity contribution < 1.29 is 4.79 Å². The first kappa shape index (κ1) is 31.9. The number of carbonyl (C=O) groups is 1. The fraction of sp³-hybridized carbons (Fsp3) is 0.600. The maximum Gasteiger partial charge on any atom is 0.256 e. The van der Waals surface area contributed by atoms with E-state index in [0.717, 1.165) is 35.6 Å². The zero-order chi connectivity index (χ0) is 28.4. The number of aromatic nitrogens is 1. The van der Waals surface area contributed by atoms with Crippen LogP contribution < -0.4 is 21.1 Å². The molecule has 3 rings (SSSR count). The number of aryl methyl sites for hydroxylation is 2. The van der Waals surface area contributed by atoms with Gasteiger partial charge in [0, 0.05) is 59.8 Å². The molecule has 1 saturated carbocycles. The summed E-state index contributed by atoms with van der Waals surface area (Å²) in [6.07, 6.45) is 6.14. The topological polar surface area (TPSA) is 69.6 Å². The van der Waals surface area contributed by atoms with Crippen molar-refractivity contribution in [2.75, 3.05) is 46.2 Å². The van der Waals surface area contributed by atoms with E-state index in [2.05, 4.69) is 27.4 Å². The minimum Gasteiger partial charge on any atom is -0.369 e. The van der Waals surface area contributed by atoms with Gasteiger partial charge in [0.1, 0.15) is 0 Å². The maximum absolute atomic E-state index is 13.3. The van der Waals surface area contributed by atoms with Gasteiger partial charge >= 0.3 is 0 Å². The van der Waals surface area contributed by atoms with Crippen molar-refractivity contribution in [1.82, 2.24) is 20.1 Å². The number of benzene rings is 1. The molecule has 0 bridgehead atoms. The van der Waals surface area contributed by atoms with Gasteiger partial charge in [0.15, 0.2) is 0 Å². The molecule has 0 radical (unpaired) electrons. The second-order valence-electron chi connectivity index (χ2n) is 10.6. The highest BCUT2D eigenvalue weighted by Gasteiger charge is 2.24. The molecule has 38 heavy (non-hydrogen) atoms. The van der Waals surface area contributed by atoms with Crippen molar-refractivity contribution in [2.24, 2.45) is 0 Å². The summed E-state index contributed by atoms with van der Waals surface area (Å²) in [5, 5.41) is 6.31. The fourth-order valence-electron chi connectivity index (χ4n) is 5.24. The third-order valence-corrected chi connectivity index (χ3v) is 7.50. The summed E-state index contributed by atoms with van der Waals surface area (Å²) >= 11 is 6.51. The van der Waals surface area contributed by atoms with Crippen LogP contribution in [0.4, 0.5) is 5.69 Å². The van der Waals surface area contributed by atoms with Crippen LogP contribution in [0.25, 0.3) is 0 Å². The Balaban J connectivity index is 0.00000161. The Morgan fingerprint density at radius 2 is 1.71 bits per heavy atom. The molecular formula is C30H48ClN5O2. The molecule has 1 heterocycles. The predicted octanol–water partition coefficient (Wildman–Crippen LogP) is 4.91. The number of nitrogens with one attached hydrogen (secondary N) is 2. The molecule has 0 saturated heterocycles. The SMILES string of the molecule is CCN(c1cc(Cl)cc(C(=O)NCc2c(C)cc(C)n(CCN(C)C)c2=O)c1C)C1CCCCC1.CNC. The molecule has 8 heteroatoms. The number of hydrogen-bond donors (Lipinski definition) is 2. The Labute approximate surface area is 234 Å². The minimum absolute atomic E-state index is 0.0392. The highest BCUT2D eigenvalue weighted by atomic mass is 35.5. The van der Waals surface area contributed by atoms with Crippen LogP contribution in [0.2, 0.25) is 5.02 Å². The summed E-state index contributed by atoms with van der Waals surface area (Å²) in [6.45, 7) is 10.5. The van der Waals surface area contributed by atoms with Crippen LogP contribution in [-0.2, 0) is 13.1 Å². The third kappa shape index (κ3) is 8.32. The zero-order valence-corrected chi connectivity index (χ0v) is 25.5. The van der Waals surface area contributed by atoms with E-state index in [-0.39, 0.29) is 18.0 Å². The monoisotopic (exact) mass is 545 g/mol. The first-order valence-electron chi connectivity index (χ1n) is 13.8. The van der Waals surface area contributed by atoms with Crippen molar-refractivity contribution in [3.05, 3.63) is 61.5 Å². The molecule has 1 amide bonds. The molecular weight excluding hydrogens is 498 g/mol. The molecule has 2 aromatic rings. The summed E-state index contributed by atoms with van der Waals surface area (Å²) < 4.78 is 1.79. The normalized spacial score (nSPS) is 13.7. The van der Waals surface area contributed by atoms with Crippen molar-refractivity contribution in [3.63, 3.8) is 0 Å². The lowest BCUT2D eigenvalue weighted by atomic mass is 9.93. The third-order valence-electron chi connectivity index (χ3n) is 7.28. The van der Waals surface area contributed by atoms with E-state index in [1.807, 2.05) is 61.1 Å². The summed E-state index contributed by atoms with van der Waals surface area (Å²) in [7, 11) is 7.73. The Kier molecular flexibility index (Phi) is 12.8. The van der Waals surface area contributed by atoms with Crippen molar-refractivity contribution in [1.29, 1.82) is 0 Å². The smallest absolute Gasteiger partial charge is 0.256 e. The Bertz CT molecular complexity index is 1120. The van der Waals surface area contributed by atoms with E-state index < -0.39 is 0 Å². The van der Waals surface area contributed by atoms with Crippen LogP contribution in [0.15, 0.2) is 23.0 Å². The van der Waals surface area contributed by atoms with Gasteiger partial charge < -0.3 is 25.0 Å². The summed E-state index contributed by atoms with van der Waals surface area (Å²) in [5.74, 6) is -0.204. The molecule has 0 unspecified atom stereocenters. The molecule has 0 atom stereocenters. The second-order valence-corrected chi connectivity index (χ2v) is 11.0. The standard InChI is InChI=1S/C28H41ClN4O2.C2H7N/c1-7-32(23-11-9-8-10-12-23)26-17-22(29)16-24(21(26)4)27(34)30-18-25-19(2)15-20(3)33(28(25)35)14-13-31(5)6;1-3-2/h15-17,23H,7-14,18H2,1-6H3,(H,30,34);3H,1-2H3. The second kappa shape index (κ2) is 15.3. The lowest BCUT2D eigenvalue weighted by molar-refractivity contribution is 0.0950. The predicted molar refractivity (Wildman–Crippen MR) is 161 cm³/mol. The van der Waals surface area contributed by atoms with Crippen LogP contribution in [0.1, 0.15) is 71.8 Å². The maximum atomic E-state index is 13.3. The molecule has 0 aliphatic heterocycles. The van der Waals surface area contributed by atoms with Gasteiger partial charge in [-0.15, -0.1) is 0 Å². The summed E-state index contributed by atoms with van der Waals surface area (Å²) in [6, 6.07) is 6.23. The minimum atomic E-state index is -0.204. The molecule has 0 spiro atoms. The number of carbonyl (C=O) groups excluding carboxylic acids is 1. The van der Waals surface area contributed by atoms with E-state index >= 15 is 0 Å². The van der Waals surface area contributed by atoms with Gasteiger partial charge in [-0.05, 0) is 98.1 Å². The average Bonchev–Trinajstić information content (AvgIpc) is 2.86. The zero-order valence-electron chi connectivity index (χ0n) is 24.7. The molecule has 1 aromatic carbocycles. The van der Waals surface area contributed by atoms with Gasteiger partial charge in [-0.2, -0.15) is 0 Å². The number of amides is 1. The van der Waals surface area contributed by atoms with E-state index in [4.69, 9.17) is 11.6 Å². The summed E-state index contributed by atoms with van der Waals surface area (Å²) in [5.41, 5.74) is 4.95. The number of rotatable bonds is 9. The van der Waals surface area contributed by atoms with Crippen molar-refractivity contribution in [2.45, 2.75) is 78.9 Å². The highest BCUT2D eigenvalue weighted by molar-refractivity contribution is 6.31. The lowest BCUT2D eigenvalue weighted by Crippen LogP contribution is -2.37. The molecule has 1 fully saturated rings. The van der Waals surface area contributed by atoms with Crippen LogP contribution in [0.3, 0.4) is 0 Å². The Morgan fingerprint density at radius 3 is 2.29 bits per heavy atom. The van der Waals surface area contributed by atoms with Gasteiger partial charge in [-0.1, -0.05) is 30.9 Å². The van der Waals surface area contributed by atoms with E-state index in [1.165, 1.54) is 32.1 Å². The van der Waals surface area contributed by atoms with Gasteiger partial charge in [0.25, 0.3) is 11.5 Å². The van der Waals surface area contributed by atoms with Gasteiger partial charge in [0.05, 0.1) is 0 Å². The number of likely N-dealkylation sites (N-methyl/N-ethyl adjacent to an activating group) is 1. The average molecular weight is 546 g/mol. The number of pyridine rings is 1. The van der Waals surface area contributed by atoms with E-state index in [1.54, 1.807) is 10.6 Å². The molecule has 1 aliphatic rings. The van der Waals surface area contributed by atoms with Crippen molar-refractivity contribution in [3.8, 4) is 0 Å². The van der Waals surface area contributed by atoms with Gasteiger partial charge in [-0.3, -0.25) is 9.59 Å². The van der Waals surface area contributed by atoms with E-state index in [0.29, 0.717) is 28.7 Å². The number of anilines is 1. The molecule has 7 nitrogen and oxygen atoms in total. The highest BCUT2D eigenvalue weighted by Crippen LogP contribution is 2.33. The van der Waals surface area contributed by atoms with Gasteiger partial charge in [-0.25, -0.2) is 0 Å². The van der Waals surface area contributed by atoms with Crippen LogP contribution in [-0.4, -0.2) is 62.7 Å². The number of nitrogens with zero attached hydrogens (tertiary/aromatic N) is 3. The number of hydrogen-bond acceptors (Lipinski definition) is 5. The Hall–Kier alpha value is -2.35. The molecule has 2 N–H and O–H groups in total. The Morgan fingerprint density at radius 1 is 1.08 bits per heavy atom. The van der Waals surface area contributed by atoms with Gasteiger partial charge in [0.2, 0.25) is 0 Å². The summed E-state index contributed by atoms with van der Waals surface area (Å²) in [4.78, 5) is 31.0. The van der Waals surface area contributed by atoms with Crippen LogP contribution in [0.5, 0.6) is 0 Å². The number of halogens is 1.